The van der Waals surface area contributed by atoms with Crippen molar-refractivity contribution in [3.63, 3.8) is 0 Å². The van der Waals surface area contributed by atoms with E-state index in [1.165, 1.54) is 17.5 Å². The summed E-state index contributed by atoms with van der Waals surface area (Å²) in [5.41, 5.74) is 1.23. The van der Waals surface area contributed by atoms with Crippen LogP contribution in [0, 0.1) is 0 Å². The van der Waals surface area contributed by atoms with Crippen LogP contribution in [-0.2, 0) is 0 Å². The number of ether oxygens (including phenoxy) is 1. The Morgan fingerprint density at radius 3 is 2.57 bits per heavy atom. The van der Waals surface area contributed by atoms with Crippen LogP contribution in [0.25, 0.3) is 6.08 Å². The molecule has 0 bridgehead atoms. The Kier molecular flexibility index (Phi) is 4.73. The van der Waals surface area contributed by atoms with E-state index in [0.29, 0.717) is 23.8 Å². The summed E-state index contributed by atoms with van der Waals surface area (Å²) in [6, 6.07) is 0. The molecular weight excluding hydrogens is 431 g/mol. The van der Waals surface area contributed by atoms with Crippen LogP contribution in [-0.4, -0.2) is 32.5 Å². The van der Waals surface area contributed by atoms with Crippen molar-refractivity contribution < 1.29 is 9.15 Å². The summed E-state index contributed by atoms with van der Waals surface area (Å²) in [5.74, 6) is 0.273. The van der Waals surface area contributed by atoms with Crippen LogP contribution >= 0.6 is 69.6 Å². The molecule has 0 aromatic carbocycles. The monoisotopic (exact) mass is 435 g/mol. The van der Waals surface area contributed by atoms with E-state index >= 15 is 0 Å². The van der Waals surface area contributed by atoms with Crippen molar-refractivity contribution >= 4 is 93.5 Å². The van der Waals surface area contributed by atoms with E-state index in [0.717, 1.165) is 0 Å². The Labute approximate surface area is 161 Å². The molecule has 2 aliphatic heterocycles. The molecule has 0 saturated carbocycles. The molecule has 1 atom stereocenters. The molecule has 3 rings (SSSR count). The number of anilines is 1. The van der Waals surface area contributed by atoms with Gasteiger partial charge >= 0.3 is 0 Å². The largest absolute Gasteiger partial charge is 0.460 e. The summed E-state index contributed by atoms with van der Waals surface area (Å²) >= 11 is 35.5. The van der Waals surface area contributed by atoms with Crippen LogP contribution in [0.1, 0.15) is 5.56 Å². The first-order valence-electron chi connectivity index (χ1n) is 6.13. The molecule has 0 spiro atoms. The van der Waals surface area contributed by atoms with Gasteiger partial charge in [-0.25, -0.2) is 9.98 Å². The molecule has 5 nitrogen and oxygen atoms in total. The van der Waals surface area contributed by atoms with Gasteiger partial charge in [-0.05, 0) is 12.2 Å². The molecule has 11 heteroatoms. The summed E-state index contributed by atoms with van der Waals surface area (Å²) in [6.07, 6.45) is 5.46. The predicted octanol–water partition coefficient (Wildman–Crippen LogP) is 5.00. The highest BCUT2D eigenvalue weighted by Crippen LogP contribution is 2.43. The topological polar surface area (TPSA) is 50.3 Å². The van der Waals surface area contributed by atoms with E-state index < -0.39 is 13.8 Å². The molecule has 1 unspecified atom stereocenters. The zero-order valence-corrected chi connectivity index (χ0v) is 15.6. The second kappa shape index (κ2) is 6.21. The Morgan fingerprint density at radius 1 is 1.17 bits per heavy atom. The van der Waals surface area contributed by atoms with Gasteiger partial charge < -0.3 is 14.1 Å². The maximum absolute atomic E-state index is 6.03. The third kappa shape index (κ3) is 3.55. The molecule has 3 heterocycles. The number of furan rings is 1. The quantitative estimate of drug-likeness (QED) is 0.581. The fourth-order valence-electron chi connectivity index (χ4n) is 2.06. The summed E-state index contributed by atoms with van der Waals surface area (Å²) < 4.78 is 7.08. The lowest BCUT2D eigenvalue weighted by molar-refractivity contribution is 0.268. The molecular formula is C12H7Cl6N3O2. The fraction of sp³-hybridized carbons (Fsp3) is 0.333. The van der Waals surface area contributed by atoms with Crippen molar-refractivity contribution in [2.45, 2.75) is 13.8 Å². The van der Waals surface area contributed by atoms with Gasteiger partial charge in [-0.3, -0.25) is 0 Å². The molecule has 23 heavy (non-hydrogen) atoms. The highest BCUT2D eigenvalue weighted by atomic mass is 35.6. The Balaban J connectivity index is 2.03. The van der Waals surface area contributed by atoms with Gasteiger partial charge in [-0.2, -0.15) is 0 Å². The standard InChI is InChI=1S/C12H7Cl6N3O2/c13-11(14,15)9-19-5-21(10(20-9)12(16,17)18)7-4-23-8-6(7)2-1-3-22-8/h1-2,4-5,10H,3H2. The molecule has 1 aromatic heterocycles. The van der Waals surface area contributed by atoms with E-state index in [-0.39, 0.29) is 5.84 Å². The van der Waals surface area contributed by atoms with Gasteiger partial charge in [0.2, 0.25) is 7.59 Å². The molecule has 0 amide bonds. The molecule has 0 radical (unpaired) electrons. The van der Waals surface area contributed by atoms with Gasteiger partial charge in [0, 0.05) is 0 Å². The SMILES string of the molecule is ClC(Cl)(Cl)C1=NC(C(Cl)(Cl)Cl)N(c2coc3c2C=CCO3)C=N1. The maximum atomic E-state index is 6.03. The highest BCUT2D eigenvalue weighted by molar-refractivity contribution is 6.77. The van der Waals surface area contributed by atoms with Crippen molar-refractivity contribution in [2.24, 2.45) is 9.98 Å². The number of halogens is 6. The van der Waals surface area contributed by atoms with Crippen molar-refractivity contribution in [1.29, 1.82) is 0 Å². The second-order valence-corrected chi connectivity index (χ2v) is 9.20. The molecule has 0 saturated heterocycles. The zero-order valence-electron chi connectivity index (χ0n) is 11.0. The van der Waals surface area contributed by atoms with Crippen LogP contribution in [0.4, 0.5) is 5.69 Å². The molecule has 0 N–H and O–H groups in total. The normalized spacial score (nSPS) is 21.0. The van der Waals surface area contributed by atoms with Gasteiger partial charge in [-0.15, -0.1) is 0 Å². The first-order valence-corrected chi connectivity index (χ1v) is 8.40. The summed E-state index contributed by atoms with van der Waals surface area (Å²) in [5, 5.41) is 0. The molecule has 0 fully saturated rings. The number of hydrogen-bond donors (Lipinski definition) is 0. The Morgan fingerprint density at radius 2 is 1.91 bits per heavy atom. The minimum atomic E-state index is -1.84. The second-order valence-electron chi connectivity index (χ2n) is 4.55. The number of rotatable bonds is 1. The summed E-state index contributed by atoms with van der Waals surface area (Å²) in [7, 11) is 0. The van der Waals surface area contributed by atoms with Crippen LogP contribution in [0.2, 0.25) is 0 Å². The first kappa shape index (κ1) is 17.5. The van der Waals surface area contributed by atoms with Crippen molar-refractivity contribution in [2.75, 3.05) is 11.5 Å². The highest BCUT2D eigenvalue weighted by Gasteiger charge is 2.43. The minimum Gasteiger partial charge on any atom is -0.460 e. The van der Waals surface area contributed by atoms with Crippen molar-refractivity contribution in [3.05, 3.63) is 17.9 Å². The van der Waals surface area contributed by atoms with E-state index in [2.05, 4.69) is 9.98 Å². The summed E-state index contributed by atoms with van der Waals surface area (Å²) in [4.78, 5) is 9.69. The van der Waals surface area contributed by atoms with Crippen molar-refractivity contribution in [1.82, 2.24) is 0 Å². The molecule has 1 aromatic rings. The lowest BCUT2D eigenvalue weighted by atomic mass is 10.2. The molecule has 0 aliphatic carbocycles. The number of hydrogen-bond acceptors (Lipinski definition) is 5. The van der Waals surface area contributed by atoms with E-state index in [4.69, 9.17) is 78.8 Å². The van der Waals surface area contributed by atoms with Gasteiger partial charge in [-0.1, -0.05) is 69.6 Å². The van der Waals surface area contributed by atoms with E-state index in [9.17, 15) is 0 Å². The van der Waals surface area contributed by atoms with Crippen LogP contribution < -0.4 is 9.64 Å². The van der Waals surface area contributed by atoms with E-state index in [1.54, 1.807) is 0 Å². The fourth-order valence-corrected chi connectivity index (χ4v) is 2.81. The number of nitrogens with zero attached hydrogens (tertiary/aromatic N) is 3. The minimum absolute atomic E-state index is 0.0840. The zero-order chi connectivity index (χ0) is 16.8. The average Bonchev–Trinajstić information content (AvgIpc) is 2.88. The lowest BCUT2D eigenvalue weighted by Gasteiger charge is -2.34. The first-order chi connectivity index (χ1) is 10.7. The predicted molar refractivity (Wildman–Crippen MR) is 96.0 cm³/mol. The molecule has 2 aliphatic rings. The van der Waals surface area contributed by atoms with Crippen molar-refractivity contribution in [3.8, 4) is 5.95 Å². The lowest BCUT2D eigenvalue weighted by Crippen LogP contribution is -2.46. The number of aliphatic imine (C=N–C) groups is 2. The van der Waals surface area contributed by atoms with Gasteiger partial charge in [0.25, 0.3) is 5.95 Å². The number of amidine groups is 1. The Hall–Kier alpha value is -0.300. The third-order valence-electron chi connectivity index (χ3n) is 3.01. The van der Waals surface area contributed by atoms with Crippen LogP contribution in [0.5, 0.6) is 5.95 Å². The smallest absolute Gasteiger partial charge is 0.294 e. The Bertz CT molecular complexity index is 701. The van der Waals surface area contributed by atoms with Crippen LogP contribution in [0.15, 0.2) is 26.7 Å². The van der Waals surface area contributed by atoms with E-state index in [1.807, 2.05) is 12.2 Å². The van der Waals surface area contributed by atoms with Gasteiger partial charge in [0.15, 0.2) is 12.0 Å². The average molecular weight is 438 g/mol. The summed E-state index contributed by atoms with van der Waals surface area (Å²) in [6.45, 7) is 0.414. The number of fused-ring (bicyclic) bond motifs is 1. The van der Waals surface area contributed by atoms with Crippen LogP contribution in [0.3, 0.4) is 0 Å². The maximum Gasteiger partial charge on any atom is 0.294 e. The van der Waals surface area contributed by atoms with Gasteiger partial charge in [0.05, 0.1) is 17.6 Å². The molecule has 124 valence electrons. The van der Waals surface area contributed by atoms with Gasteiger partial charge in [0.1, 0.15) is 12.9 Å². The number of alkyl halides is 6. The third-order valence-corrected chi connectivity index (χ3v) is 4.10.